The number of anilines is 1. The van der Waals surface area contributed by atoms with Crippen molar-refractivity contribution in [2.45, 2.75) is 9.79 Å². The Kier molecular flexibility index (Phi) is 3.18. The number of hydrogen-bond acceptors (Lipinski definition) is 5. The molecular formula is C6H8ClN3O4S2. The van der Waals surface area contributed by atoms with Crippen LogP contribution in [0, 0.1) is 0 Å². The molecule has 6 N–H and O–H groups in total. The van der Waals surface area contributed by atoms with Crippen LogP contribution in [0.5, 0.6) is 0 Å². The minimum absolute atomic E-state index is 0.250. The van der Waals surface area contributed by atoms with Gasteiger partial charge in [0.25, 0.3) is 0 Å². The summed E-state index contributed by atoms with van der Waals surface area (Å²) in [6, 6.07) is 2.05. The van der Waals surface area contributed by atoms with Crippen molar-refractivity contribution in [2.24, 2.45) is 10.3 Å². The van der Waals surface area contributed by atoms with Gasteiger partial charge in [0.1, 0.15) is 9.79 Å². The molecule has 0 aliphatic rings. The van der Waals surface area contributed by atoms with Gasteiger partial charge in [0.15, 0.2) is 0 Å². The van der Waals surface area contributed by atoms with Gasteiger partial charge in [0.05, 0.1) is 10.7 Å². The molecule has 0 spiro atoms. The zero-order valence-corrected chi connectivity index (χ0v) is 10.1. The van der Waals surface area contributed by atoms with Gasteiger partial charge < -0.3 is 5.73 Å². The van der Waals surface area contributed by atoms with Crippen LogP contribution in [0.1, 0.15) is 0 Å². The average molecular weight is 286 g/mol. The SMILES string of the molecule is Nc1ccc(S(N)(=O)=O)c(Cl)c1S(N)(=O)=O. The fraction of sp³-hybridized carbons (Fsp3) is 0. The van der Waals surface area contributed by atoms with Crippen LogP contribution in [0.4, 0.5) is 5.69 Å². The standard InChI is InChI=1S/C6H8ClN3O4S2/c7-5-4(15(9,11)12)2-1-3(8)6(5)16(10,13)14/h1-2H,8H2,(H2,9,11,12)(H2,10,13,14). The van der Waals surface area contributed by atoms with E-state index in [9.17, 15) is 16.8 Å². The first-order chi connectivity index (χ1) is 7.05. The molecule has 0 amide bonds. The summed E-state index contributed by atoms with van der Waals surface area (Å²) in [6.45, 7) is 0. The Hall–Kier alpha value is -0.870. The molecule has 0 atom stereocenters. The number of primary sulfonamides is 2. The largest absolute Gasteiger partial charge is 0.398 e. The van der Waals surface area contributed by atoms with E-state index in [4.69, 9.17) is 27.6 Å². The van der Waals surface area contributed by atoms with Crippen molar-refractivity contribution in [1.29, 1.82) is 0 Å². The van der Waals surface area contributed by atoms with E-state index in [0.29, 0.717) is 0 Å². The van der Waals surface area contributed by atoms with E-state index < -0.39 is 34.9 Å². The maximum atomic E-state index is 11.1. The van der Waals surface area contributed by atoms with Crippen LogP contribution in [0.2, 0.25) is 5.02 Å². The summed E-state index contributed by atoms with van der Waals surface area (Å²) in [4.78, 5) is -1.20. The van der Waals surface area contributed by atoms with Gasteiger partial charge in [0, 0.05) is 0 Å². The molecule has 0 saturated heterocycles. The second-order valence-corrected chi connectivity index (χ2v) is 6.29. The number of nitrogens with two attached hydrogens (primary N) is 3. The molecule has 0 saturated carbocycles. The van der Waals surface area contributed by atoms with Crippen LogP contribution in [-0.4, -0.2) is 16.8 Å². The summed E-state index contributed by atoms with van der Waals surface area (Å²) in [5.41, 5.74) is 5.09. The molecule has 1 aromatic carbocycles. The third-order valence-corrected chi connectivity index (χ3v) is 4.26. The summed E-state index contributed by atoms with van der Waals surface area (Å²) >= 11 is 5.59. The maximum Gasteiger partial charge on any atom is 0.241 e. The first-order valence-corrected chi connectivity index (χ1v) is 7.16. The zero-order chi connectivity index (χ0) is 12.7. The van der Waals surface area contributed by atoms with E-state index in [-0.39, 0.29) is 5.69 Å². The van der Waals surface area contributed by atoms with Crippen LogP contribution in [0.15, 0.2) is 21.9 Å². The van der Waals surface area contributed by atoms with Crippen molar-refractivity contribution in [1.82, 2.24) is 0 Å². The molecular weight excluding hydrogens is 278 g/mol. The fourth-order valence-corrected chi connectivity index (χ4v) is 3.31. The topological polar surface area (TPSA) is 146 Å². The van der Waals surface area contributed by atoms with E-state index in [1.807, 2.05) is 0 Å². The average Bonchev–Trinajstić information content (AvgIpc) is 1.97. The molecule has 90 valence electrons. The predicted molar refractivity (Wildman–Crippen MR) is 58.6 cm³/mol. The van der Waals surface area contributed by atoms with Gasteiger partial charge in [-0.15, -0.1) is 0 Å². The van der Waals surface area contributed by atoms with Crippen LogP contribution < -0.4 is 16.0 Å². The lowest BCUT2D eigenvalue weighted by Gasteiger charge is -2.08. The predicted octanol–water partition coefficient (Wildman–Crippen LogP) is -0.783. The van der Waals surface area contributed by atoms with Crippen LogP contribution >= 0.6 is 11.6 Å². The van der Waals surface area contributed by atoms with Gasteiger partial charge in [0.2, 0.25) is 20.0 Å². The Morgan fingerprint density at radius 1 is 1.00 bits per heavy atom. The highest BCUT2D eigenvalue weighted by Gasteiger charge is 2.24. The smallest absolute Gasteiger partial charge is 0.241 e. The van der Waals surface area contributed by atoms with Crippen molar-refractivity contribution in [2.75, 3.05) is 5.73 Å². The first-order valence-electron chi connectivity index (χ1n) is 3.68. The molecule has 0 aromatic heterocycles. The summed E-state index contributed by atoms with van der Waals surface area (Å²) in [5, 5.41) is 9.07. The number of sulfonamides is 2. The first kappa shape index (κ1) is 13.2. The highest BCUT2D eigenvalue weighted by Crippen LogP contribution is 2.31. The van der Waals surface area contributed by atoms with Crippen molar-refractivity contribution >= 4 is 37.3 Å². The van der Waals surface area contributed by atoms with Gasteiger partial charge in [-0.05, 0) is 12.1 Å². The molecule has 0 fully saturated rings. The second kappa shape index (κ2) is 3.86. The summed E-state index contributed by atoms with van der Waals surface area (Å²) in [6.07, 6.45) is 0. The zero-order valence-electron chi connectivity index (χ0n) is 7.71. The maximum absolute atomic E-state index is 11.1. The van der Waals surface area contributed by atoms with Crippen LogP contribution in [0.25, 0.3) is 0 Å². The molecule has 1 rings (SSSR count). The summed E-state index contributed by atoms with van der Waals surface area (Å²) < 4.78 is 44.4. The molecule has 0 unspecified atom stereocenters. The number of hydrogen-bond donors (Lipinski definition) is 3. The van der Waals surface area contributed by atoms with Crippen molar-refractivity contribution < 1.29 is 16.8 Å². The molecule has 10 heteroatoms. The number of rotatable bonds is 2. The lowest BCUT2D eigenvalue weighted by atomic mass is 10.3. The Morgan fingerprint density at radius 3 is 1.88 bits per heavy atom. The normalized spacial score (nSPS) is 12.7. The highest BCUT2D eigenvalue weighted by molar-refractivity contribution is 7.90. The molecule has 0 aliphatic carbocycles. The van der Waals surface area contributed by atoms with Crippen molar-refractivity contribution in [3.63, 3.8) is 0 Å². The lowest BCUT2D eigenvalue weighted by molar-refractivity contribution is 0.596. The minimum atomic E-state index is -4.22. The summed E-state index contributed by atoms with van der Waals surface area (Å²) in [5.74, 6) is 0. The van der Waals surface area contributed by atoms with Crippen LogP contribution in [-0.2, 0) is 20.0 Å². The number of halogens is 1. The minimum Gasteiger partial charge on any atom is -0.398 e. The third kappa shape index (κ3) is 2.44. The summed E-state index contributed by atoms with van der Waals surface area (Å²) in [7, 11) is -8.36. The molecule has 1 aromatic rings. The van der Waals surface area contributed by atoms with E-state index in [1.165, 1.54) is 0 Å². The Bertz CT molecular complexity index is 638. The Balaban J connectivity index is 3.79. The van der Waals surface area contributed by atoms with E-state index in [0.717, 1.165) is 12.1 Å². The Morgan fingerprint density at radius 2 is 1.50 bits per heavy atom. The van der Waals surface area contributed by atoms with Gasteiger partial charge in [-0.25, -0.2) is 27.1 Å². The van der Waals surface area contributed by atoms with E-state index >= 15 is 0 Å². The monoisotopic (exact) mass is 285 g/mol. The van der Waals surface area contributed by atoms with Crippen molar-refractivity contribution in [3.05, 3.63) is 17.2 Å². The molecule has 0 heterocycles. The fourth-order valence-electron chi connectivity index (χ4n) is 1.06. The Labute approximate surface area is 97.3 Å². The highest BCUT2D eigenvalue weighted by atomic mass is 35.5. The quantitative estimate of drug-likeness (QED) is 0.610. The molecule has 16 heavy (non-hydrogen) atoms. The molecule has 0 bridgehead atoms. The second-order valence-electron chi connectivity index (χ2n) is 2.89. The number of nitrogen functional groups attached to an aromatic ring is 1. The lowest BCUT2D eigenvalue weighted by Crippen LogP contribution is -2.18. The molecule has 7 nitrogen and oxygen atoms in total. The third-order valence-electron chi connectivity index (χ3n) is 1.68. The van der Waals surface area contributed by atoms with Gasteiger partial charge >= 0.3 is 0 Å². The number of benzene rings is 1. The van der Waals surface area contributed by atoms with E-state index in [1.54, 1.807) is 0 Å². The van der Waals surface area contributed by atoms with E-state index in [2.05, 4.69) is 0 Å². The van der Waals surface area contributed by atoms with Gasteiger partial charge in [-0.2, -0.15) is 0 Å². The van der Waals surface area contributed by atoms with Gasteiger partial charge in [-0.1, -0.05) is 11.6 Å². The van der Waals surface area contributed by atoms with Crippen molar-refractivity contribution in [3.8, 4) is 0 Å². The van der Waals surface area contributed by atoms with Crippen LogP contribution in [0.3, 0.4) is 0 Å². The van der Waals surface area contributed by atoms with Gasteiger partial charge in [-0.3, -0.25) is 0 Å². The molecule has 0 radical (unpaired) electrons. The molecule has 0 aliphatic heterocycles.